The van der Waals surface area contributed by atoms with Crippen molar-refractivity contribution in [3.8, 4) is 0 Å². The van der Waals surface area contributed by atoms with Crippen LogP contribution in [0.2, 0.25) is 0 Å². The fourth-order valence-electron chi connectivity index (χ4n) is 4.89. The largest absolute Gasteiger partial charge is 0.461 e. The Morgan fingerprint density at radius 3 is 2.48 bits per heavy atom. The zero-order valence-corrected chi connectivity index (χ0v) is 15.7. The molecule has 0 heterocycles. The monoisotopic (exact) mass is 342 g/mol. The van der Waals surface area contributed by atoms with Crippen LogP contribution >= 0.6 is 0 Å². The normalized spacial score (nSPS) is 29.6. The van der Waals surface area contributed by atoms with Gasteiger partial charge in [-0.2, -0.15) is 0 Å². The summed E-state index contributed by atoms with van der Waals surface area (Å²) in [6, 6.07) is 10.1. The molecule has 2 fully saturated rings. The first-order valence-corrected chi connectivity index (χ1v) is 9.58. The van der Waals surface area contributed by atoms with Crippen LogP contribution in [-0.4, -0.2) is 17.9 Å². The summed E-state index contributed by atoms with van der Waals surface area (Å²) in [6.07, 6.45) is 5.31. The van der Waals surface area contributed by atoms with Gasteiger partial charge in [0.25, 0.3) is 0 Å². The molecular weight excluding hydrogens is 312 g/mol. The average molecular weight is 342 g/mol. The molecule has 2 saturated carbocycles. The minimum Gasteiger partial charge on any atom is -0.461 e. The number of ether oxygens (including phenoxy) is 1. The third kappa shape index (κ3) is 3.51. The van der Waals surface area contributed by atoms with Gasteiger partial charge < -0.3 is 4.74 Å². The Morgan fingerprint density at radius 2 is 1.88 bits per heavy atom. The maximum atomic E-state index is 12.2. The summed E-state index contributed by atoms with van der Waals surface area (Å²) >= 11 is 0. The number of rotatable bonds is 7. The summed E-state index contributed by atoms with van der Waals surface area (Å²) in [5.74, 6) is 0.296. The van der Waals surface area contributed by atoms with Gasteiger partial charge in [-0.05, 0) is 49.0 Å². The number of carbonyl (C=O) groups excluding carboxylic acids is 2. The van der Waals surface area contributed by atoms with Gasteiger partial charge in [0.05, 0.1) is 0 Å². The molecule has 3 atom stereocenters. The summed E-state index contributed by atoms with van der Waals surface area (Å²) < 4.78 is 5.76. The Hall–Kier alpha value is -1.64. The molecule has 2 aliphatic carbocycles. The van der Waals surface area contributed by atoms with Gasteiger partial charge in [0.1, 0.15) is 18.3 Å². The molecule has 3 rings (SSSR count). The molecule has 1 aromatic rings. The fraction of sp³-hybridized carbons (Fsp3) is 0.636. The first kappa shape index (κ1) is 18.2. The molecule has 3 heteroatoms. The second-order valence-electron chi connectivity index (χ2n) is 8.64. The number of fused-ring (bicyclic) bond motifs is 2. The van der Waals surface area contributed by atoms with Crippen molar-refractivity contribution in [3.63, 3.8) is 0 Å². The number of Topliss-reactive ketones (excluding diaryl/α,β-unsaturated/α-hetero) is 1. The highest BCUT2D eigenvalue weighted by Crippen LogP contribution is 2.66. The van der Waals surface area contributed by atoms with Crippen molar-refractivity contribution in [2.75, 3.05) is 0 Å². The Morgan fingerprint density at radius 1 is 1.16 bits per heavy atom. The van der Waals surface area contributed by atoms with Crippen molar-refractivity contribution in [1.29, 1.82) is 0 Å². The molecule has 0 radical (unpaired) electrons. The third-order valence-corrected chi connectivity index (χ3v) is 7.09. The standard InChI is InChI=1S/C22H30O3/c1-21(2)17-12-13-22(21,3)19(14-17)25-20(24)15-18(23)11-7-10-16-8-5-4-6-9-16/h4-6,8-9,17,19H,7,10-15H2,1-3H3/t17-,19-,22+/m1/s1. The van der Waals surface area contributed by atoms with E-state index in [4.69, 9.17) is 4.74 Å². The zero-order chi connectivity index (χ0) is 18.1. The van der Waals surface area contributed by atoms with Crippen molar-refractivity contribution in [3.05, 3.63) is 35.9 Å². The van der Waals surface area contributed by atoms with E-state index in [9.17, 15) is 9.59 Å². The molecule has 3 nitrogen and oxygen atoms in total. The van der Waals surface area contributed by atoms with Crippen LogP contribution in [0.4, 0.5) is 0 Å². The van der Waals surface area contributed by atoms with Gasteiger partial charge in [-0.3, -0.25) is 9.59 Å². The quantitative estimate of drug-likeness (QED) is 0.531. The summed E-state index contributed by atoms with van der Waals surface area (Å²) in [4.78, 5) is 24.3. The molecular formula is C22H30O3. The Labute approximate surface area is 151 Å². The van der Waals surface area contributed by atoms with E-state index in [2.05, 4.69) is 32.9 Å². The van der Waals surface area contributed by atoms with Crippen molar-refractivity contribution >= 4 is 11.8 Å². The van der Waals surface area contributed by atoms with E-state index >= 15 is 0 Å². The Bertz CT molecular complexity index is 634. The Kier molecular flexibility index (Phi) is 5.04. The predicted molar refractivity (Wildman–Crippen MR) is 98.1 cm³/mol. The highest BCUT2D eigenvalue weighted by molar-refractivity contribution is 5.95. The van der Waals surface area contributed by atoms with Crippen LogP contribution in [0.3, 0.4) is 0 Å². The van der Waals surface area contributed by atoms with E-state index in [1.165, 1.54) is 12.0 Å². The number of benzene rings is 1. The highest BCUT2D eigenvalue weighted by Gasteiger charge is 2.62. The fourth-order valence-corrected chi connectivity index (χ4v) is 4.89. The second-order valence-corrected chi connectivity index (χ2v) is 8.64. The molecule has 2 aliphatic rings. The smallest absolute Gasteiger partial charge is 0.313 e. The first-order chi connectivity index (χ1) is 11.8. The van der Waals surface area contributed by atoms with Crippen LogP contribution in [0.25, 0.3) is 0 Å². The maximum absolute atomic E-state index is 12.2. The molecule has 0 aromatic heterocycles. The lowest BCUT2D eigenvalue weighted by Crippen LogP contribution is -2.38. The third-order valence-electron chi connectivity index (χ3n) is 7.09. The lowest BCUT2D eigenvalue weighted by molar-refractivity contribution is -0.158. The number of ketones is 1. The minimum absolute atomic E-state index is 0.00602. The van der Waals surface area contributed by atoms with Crippen molar-refractivity contribution < 1.29 is 14.3 Å². The summed E-state index contributed by atoms with van der Waals surface area (Å²) in [5, 5.41) is 0. The first-order valence-electron chi connectivity index (χ1n) is 9.58. The van der Waals surface area contributed by atoms with E-state index in [0.717, 1.165) is 25.7 Å². The second kappa shape index (κ2) is 6.93. The number of hydrogen-bond donors (Lipinski definition) is 0. The molecule has 0 amide bonds. The molecule has 0 unspecified atom stereocenters. The van der Waals surface area contributed by atoms with Crippen molar-refractivity contribution in [2.45, 2.75) is 71.8 Å². The lowest BCUT2D eigenvalue weighted by Gasteiger charge is -2.38. The highest BCUT2D eigenvalue weighted by atomic mass is 16.5. The molecule has 1 aromatic carbocycles. The van der Waals surface area contributed by atoms with Crippen LogP contribution in [0, 0.1) is 16.7 Å². The van der Waals surface area contributed by atoms with E-state index in [1.807, 2.05) is 18.2 Å². The van der Waals surface area contributed by atoms with Gasteiger partial charge in [0, 0.05) is 11.8 Å². The van der Waals surface area contributed by atoms with Crippen LogP contribution in [-0.2, 0) is 20.7 Å². The summed E-state index contributed by atoms with van der Waals surface area (Å²) in [5.41, 5.74) is 1.51. The van der Waals surface area contributed by atoms with Gasteiger partial charge in [-0.1, -0.05) is 51.1 Å². The van der Waals surface area contributed by atoms with E-state index in [-0.39, 0.29) is 35.1 Å². The van der Waals surface area contributed by atoms with Gasteiger partial charge in [0.15, 0.2) is 0 Å². The molecule has 0 saturated heterocycles. The summed E-state index contributed by atoms with van der Waals surface area (Å²) in [7, 11) is 0. The van der Waals surface area contributed by atoms with Crippen LogP contribution in [0.5, 0.6) is 0 Å². The van der Waals surface area contributed by atoms with Crippen molar-refractivity contribution in [1.82, 2.24) is 0 Å². The van der Waals surface area contributed by atoms with Crippen LogP contribution in [0.15, 0.2) is 30.3 Å². The average Bonchev–Trinajstić information content (AvgIpc) is 2.89. The molecule has 0 aliphatic heterocycles. The van der Waals surface area contributed by atoms with Gasteiger partial charge in [0.2, 0.25) is 0 Å². The number of hydrogen-bond acceptors (Lipinski definition) is 3. The number of aryl methyl sites for hydroxylation is 1. The SMILES string of the molecule is CC1(C)[C@@H]2CC[C@@]1(C)[C@H](OC(=O)CC(=O)CCCc1ccccc1)C2. The van der Waals surface area contributed by atoms with E-state index < -0.39 is 0 Å². The van der Waals surface area contributed by atoms with E-state index in [1.54, 1.807) is 0 Å². The number of esters is 1. The van der Waals surface area contributed by atoms with E-state index in [0.29, 0.717) is 12.3 Å². The lowest BCUT2D eigenvalue weighted by atomic mass is 9.70. The van der Waals surface area contributed by atoms with Gasteiger partial charge >= 0.3 is 5.97 Å². The predicted octanol–water partition coefficient (Wildman–Crippen LogP) is 4.73. The Balaban J connectivity index is 1.43. The molecule has 2 bridgehead atoms. The van der Waals surface area contributed by atoms with Gasteiger partial charge in [-0.15, -0.1) is 0 Å². The van der Waals surface area contributed by atoms with Crippen LogP contribution < -0.4 is 0 Å². The molecule has 0 N–H and O–H groups in total. The van der Waals surface area contributed by atoms with Crippen molar-refractivity contribution in [2.24, 2.45) is 16.7 Å². The van der Waals surface area contributed by atoms with Crippen LogP contribution in [0.1, 0.15) is 64.9 Å². The topological polar surface area (TPSA) is 43.4 Å². The zero-order valence-electron chi connectivity index (χ0n) is 15.7. The number of carbonyl (C=O) groups is 2. The summed E-state index contributed by atoms with van der Waals surface area (Å²) in [6.45, 7) is 6.85. The van der Waals surface area contributed by atoms with Gasteiger partial charge in [-0.25, -0.2) is 0 Å². The molecule has 0 spiro atoms. The molecule has 25 heavy (non-hydrogen) atoms. The minimum atomic E-state index is -0.334. The maximum Gasteiger partial charge on any atom is 0.313 e. The molecule has 136 valence electrons.